The van der Waals surface area contributed by atoms with Crippen molar-refractivity contribution < 1.29 is 28.7 Å². The van der Waals surface area contributed by atoms with Crippen molar-refractivity contribution in [3.63, 3.8) is 0 Å². The maximum atomic E-state index is 11.3. The summed E-state index contributed by atoms with van der Waals surface area (Å²) in [4.78, 5) is 43.7. The van der Waals surface area contributed by atoms with Gasteiger partial charge >= 0.3 is 15.2 Å². The Morgan fingerprint density at radius 1 is 0.895 bits per heavy atom. The van der Waals surface area contributed by atoms with E-state index in [0.717, 1.165) is 0 Å². The van der Waals surface area contributed by atoms with E-state index in [0.29, 0.717) is 4.47 Å². The van der Waals surface area contributed by atoms with Gasteiger partial charge < -0.3 is 19.6 Å². The Kier molecular flexibility index (Phi) is 3.66. The first-order valence-corrected chi connectivity index (χ1v) is 8.70. The number of fused-ring (bicyclic) bond motifs is 1. The fraction of sp³-hybridized carbons (Fsp3) is 0. The lowest BCUT2D eigenvalue weighted by Crippen LogP contribution is -2.31. The molecule has 1 heterocycles. The Labute approximate surface area is 115 Å². The molecule has 1 aromatic carbocycles. The predicted molar refractivity (Wildman–Crippen MR) is 70.6 cm³/mol. The van der Waals surface area contributed by atoms with Crippen LogP contribution in [0.1, 0.15) is 0 Å². The molecule has 0 aliphatic carbocycles. The number of benzene rings is 1. The van der Waals surface area contributed by atoms with E-state index in [2.05, 4.69) is 25.9 Å². The quantitative estimate of drug-likeness (QED) is 0.542. The van der Waals surface area contributed by atoms with Crippen LogP contribution in [0.5, 0.6) is 0 Å². The summed E-state index contributed by atoms with van der Waals surface area (Å²) in [5.41, 5.74) is -1.77. The third-order valence-electron chi connectivity index (χ3n) is 2.14. The molecule has 0 saturated heterocycles. The largest absolute Gasteiger partial charge is 0.377 e. The van der Waals surface area contributed by atoms with Crippen LogP contribution in [0.4, 0.5) is 0 Å². The first kappa shape index (κ1) is 14.7. The van der Waals surface area contributed by atoms with Gasteiger partial charge in [0, 0.05) is 4.47 Å². The van der Waals surface area contributed by atoms with Gasteiger partial charge in [0.1, 0.15) is 0 Å². The van der Waals surface area contributed by atoms with E-state index >= 15 is 0 Å². The average molecular weight is 369 g/mol. The smallest absolute Gasteiger partial charge is 0.320 e. The maximum Gasteiger partial charge on any atom is 0.377 e. The summed E-state index contributed by atoms with van der Waals surface area (Å²) in [6.07, 6.45) is 0. The van der Waals surface area contributed by atoms with Crippen LogP contribution in [0.15, 0.2) is 22.7 Å². The van der Waals surface area contributed by atoms with Crippen molar-refractivity contribution in [1.29, 1.82) is 0 Å². The molecule has 1 aromatic heterocycles. The van der Waals surface area contributed by atoms with Crippen molar-refractivity contribution >= 4 is 53.0 Å². The van der Waals surface area contributed by atoms with Crippen molar-refractivity contribution in [2.75, 3.05) is 0 Å². The van der Waals surface area contributed by atoms with Gasteiger partial charge in [-0.3, -0.25) is 9.13 Å². The lowest BCUT2D eigenvalue weighted by atomic mass is 10.3. The number of halogens is 1. The number of rotatable bonds is 2. The monoisotopic (exact) mass is 368 g/mol. The first-order chi connectivity index (χ1) is 8.59. The normalized spacial score (nSPS) is 12.9. The van der Waals surface area contributed by atoms with Crippen molar-refractivity contribution in [3.05, 3.63) is 22.7 Å². The zero-order chi connectivity index (χ0) is 14.4. The van der Waals surface area contributed by atoms with E-state index in [1.165, 1.54) is 12.1 Å². The number of hydrogen-bond acceptors (Lipinski definition) is 4. The van der Waals surface area contributed by atoms with E-state index in [-0.39, 0.29) is 11.0 Å². The molecular weight excluding hydrogens is 362 g/mol. The molecule has 11 heteroatoms. The maximum absolute atomic E-state index is 11.3. The Balaban J connectivity index is 2.90. The van der Waals surface area contributed by atoms with Crippen LogP contribution < -0.4 is 10.9 Å². The van der Waals surface area contributed by atoms with Crippen LogP contribution in [-0.2, 0) is 9.13 Å². The second-order valence-corrected chi connectivity index (χ2v) is 7.53. The highest BCUT2D eigenvalue weighted by Gasteiger charge is 2.34. The zero-order valence-electron chi connectivity index (χ0n) is 9.00. The highest BCUT2D eigenvalue weighted by Crippen LogP contribution is 2.39. The van der Waals surface area contributed by atoms with Gasteiger partial charge in [-0.2, -0.15) is 0 Å². The minimum Gasteiger partial charge on any atom is -0.320 e. The molecule has 102 valence electrons. The van der Waals surface area contributed by atoms with Gasteiger partial charge in [-0.15, -0.1) is 0 Å². The van der Waals surface area contributed by atoms with Crippen LogP contribution in [0, 0.1) is 0 Å². The van der Waals surface area contributed by atoms with Crippen LogP contribution in [0.3, 0.4) is 0 Å². The molecule has 0 unspecified atom stereocenters. The van der Waals surface area contributed by atoms with Gasteiger partial charge in [0.15, 0.2) is 10.9 Å². The number of aromatic nitrogens is 2. The minimum absolute atomic E-state index is 0.116. The van der Waals surface area contributed by atoms with Crippen LogP contribution in [0.25, 0.3) is 11.0 Å². The highest BCUT2D eigenvalue weighted by molar-refractivity contribution is 9.10. The molecule has 0 aliphatic rings. The Morgan fingerprint density at radius 2 is 1.37 bits per heavy atom. The summed E-state index contributed by atoms with van der Waals surface area (Å²) in [6.45, 7) is 0. The summed E-state index contributed by atoms with van der Waals surface area (Å²) in [6, 6.07) is 4.43. The molecule has 0 aliphatic heterocycles. The van der Waals surface area contributed by atoms with E-state index in [4.69, 9.17) is 19.6 Å². The van der Waals surface area contributed by atoms with E-state index in [9.17, 15) is 9.13 Å². The molecule has 0 spiro atoms. The lowest BCUT2D eigenvalue weighted by Gasteiger charge is -2.11. The molecule has 0 fully saturated rings. The van der Waals surface area contributed by atoms with Crippen molar-refractivity contribution in [2.24, 2.45) is 0 Å². The Morgan fingerprint density at radius 3 is 1.84 bits per heavy atom. The molecule has 0 bridgehead atoms. The molecular formula is C8H7BrN2O6P2. The summed E-state index contributed by atoms with van der Waals surface area (Å²) < 4.78 is 23.1. The Bertz CT molecular complexity index is 754. The molecule has 0 amide bonds. The summed E-state index contributed by atoms with van der Waals surface area (Å²) in [5.74, 6) is 0. The molecule has 2 aromatic rings. The molecule has 0 atom stereocenters. The molecule has 0 radical (unpaired) electrons. The third-order valence-corrected chi connectivity index (χ3v) is 4.54. The van der Waals surface area contributed by atoms with Gasteiger partial charge in [-0.1, -0.05) is 15.9 Å². The van der Waals surface area contributed by atoms with Gasteiger partial charge in [0.05, 0.1) is 11.0 Å². The fourth-order valence-corrected chi connectivity index (χ4v) is 3.63. The van der Waals surface area contributed by atoms with Crippen LogP contribution >= 0.6 is 31.1 Å². The summed E-state index contributed by atoms with van der Waals surface area (Å²) in [7, 11) is -9.90. The van der Waals surface area contributed by atoms with Gasteiger partial charge in [0.2, 0.25) is 0 Å². The van der Waals surface area contributed by atoms with E-state index in [1.54, 1.807) is 6.07 Å². The SMILES string of the molecule is O=P(O)(O)c1nc2ccc(Br)cc2nc1P(=O)(O)O. The molecule has 8 nitrogen and oxygen atoms in total. The fourth-order valence-electron chi connectivity index (χ4n) is 1.40. The highest BCUT2D eigenvalue weighted by atomic mass is 79.9. The Hall–Kier alpha value is -0.660. The van der Waals surface area contributed by atoms with Gasteiger partial charge in [-0.25, -0.2) is 9.97 Å². The first-order valence-electron chi connectivity index (χ1n) is 4.68. The average Bonchev–Trinajstić information content (AvgIpc) is 2.24. The second kappa shape index (κ2) is 4.71. The number of nitrogens with zero attached hydrogens (tertiary/aromatic N) is 2. The van der Waals surface area contributed by atoms with Crippen LogP contribution in [-0.4, -0.2) is 29.5 Å². The third kappa shape index (κ3) is 3.09. The van der Waals surface area contributed by atoms with E-state index < -0.39 is 26.1 Å². The number of hydrogen-bond donors (Lipinski definition) is 4. The molecule has 19 heavy (non-hydrogen) atoms. The standard InChI is InChI=1S/C8H7BrN2O6P2/c9-4-1-2-5-6(3-4)11-8(19(15,16)17)7(10-5)18(12,13)14/h1-3H,(H2,12,13,14)(H2,15,16,17). The summed E-state index contributed by atoms with van der Waals surface area (Å²) >= 11 is 3.15. The molecule has 4 N–H and O–H groups in total. The van der Waals surface area contributed by atoms with Crippen molar-refractivity contribution in [2.45, 2.75) is 0 Å². The molecule has 0 saturated carbocycles. The van der Waals surface area contributed by atoms with E-state index in [1.807, 2.05) is 0 Å². The van der Waals surface area contributed by atoms with Gasteiger partial charge in [0.25, 0.3) is 0 Å². The van der Waals surface area contributed by atoms with Gasteiger partial charge in [-0.05, 0) is 18.2 Å². The lowest BCUT2D eigenvalue weighted by molar-refractivity contribution is 0.379. The zero-order valence-corrected chi connectivity index (χ0v) is 12.4. The second-order valence-electron chi connectivity index (χ2n) is 3.59. The summed E-state index contributed by atoms with van der Waals surface area (Å²) in [5, 5.41) is 0. The predicted octanol–water partition coefficient (Wildman–Crippen LogP) is -0.00170. The van der Waals surface area contributed by atoms with Crippen molar-refractivity contribution in [3.8, 4) is 0 Å². The molecule has 2 rings (SSSR count). The minimum atomic E-state index is -4.95. The topological polar surface area (TPSA) is 141 Å². The van der Waals surface area contributed by atoms with Crippen LogP contribution in [0.2, 0.25) is 0 Å². The van der Waals surface area contributed by atoms with Crippen molar-refractivity contribution in [1.82, 2.24) is 9.97 Å².